The van der Waals surface area contributed by atoms with E-state index in [0.29, 0.717) is 11.7 Å². The van der Waals surface area contributed by atoms with Gasteiger partial charge in [0, 0.05) is 0 Å². The highest BCUT2D eigenvalue weighted by Gasteiger charge is 2.13. The van der Waals surface area contributed by atoms with Crippen LogP contribution in [0, 0.1) is 0 Å². The van der Waals surface area contributed by atoms with Gasteiger partial charge in [-0.3, -0.25) is 0 Å². The molecule has 0 amide bonds. The van der Waals surface area contributed by atoms with Gasteiger partial charge in [-0.1, -0.05) is 64.2 Å². The molecule has 0 saturated heterocycles. The first kappa shape index (κ1) is 16.4. The summed E-state index contributed by atoms with van der Waals surface area (Å²) in [5.74, 6) is 0.979. The molecule has 2 N–H and O–H groups in total. The van der Waals surface area contributed by atoms with Crippen LogP contribution in [0.2, 0.25) is 0 Å². The Balaban J connectivity index is 2.48. The van der Waals surface area contributed by atoms with Gasteiger partial charge in [-0.05, 0) is 24.0 Å². The minimum absolute atomic E-state index is 0.382. The Morgan fingerprint density at radius 2 is 1.79 bits per heavy atom. The van der Waals surface area contributed by atoms with Crippen LogP contribution in [-0.2, 0) is 0 Å². The van der Waals surface area contributed by atoms with Gasteiger partial charge in [-0.15, -0.1) is 0 Å². The second-order valence-electron chi connectivity index (χ2n) is 4.99. The van der Waals surface area contributed by atoms with E-state index in [9.17, 15) is 0 Å². The van der Waals surface area contributed by atoms with Crippen LogP contribution in [-0.4, -0.2) is 9.79 Å². The molecule has 0 aliphatic rings. The van der Waals surface area contributed by atoms with Crippen LogP contribution in [0.5, 0.6) is 5.75 Å². The predicted octanol–water partition coefficient (Wildman–Crippen LogP) is 4.74. The van der Waals surface area contributed by atoms with E-state index >= 15 is 0 Å². The third kappa shape index (κ3) is 6.38. The lowest BCUT2D eigenvalue weighted by Crippen LogP contribution is -1.98. The Labute approximate surface area is 117 Å². The van der Waals surface area contributed by atoms with Crippen LogP contribution in [0.1, 0.15) is 63.9 Å². The Hall–Kier alpha value is -0.630. The van der Waals surface area contributed by atoms with Gasteiger partial charge < -0.3 is 14.3 Å². The molecule has 0 aromatic heterocycles. The molecular formula is C15H25O3P. The quantitative estimate of drug-likeness (QED) is 0.508. The molecular weight excluding hydrogens is 259 g/mol. The molecule has 108 valence electrons. The first-order valence-electron chi connectivity index (χ1n) is 7.10. The SMILES string of the molecule is CCCCCCCC(C)c1ccccc1OP(O)O. The first-order chi connectivity index (χ1) is 9.15. The van der Waals surface area contributed by atoms with E-state index in [0.717, 1.165) is 12.0 Å². The summed E-state index contributed by atoms with van der Waals surface area (Å²) in [6, 6.07) is 7.62. The highest BCUT2D eigenvalue weighted by atomic mass is 31.2. The van der Waals surface area contributed by atoms with Gasteiger partial charge in [0.25, 0.3) is 0 Å². The van der Waals surface area contributed by atoms with Crippen molar-refractivity contribution in [2.24, 2.45) is 0 Å². The summed E-state index contributed by atoms with van der Waals surface area (Å²) in [6.45, 7) is 4.39. The summed E-state index contributed by atoms with van der Waals surface area (Å²) in [7, 11) is -2.34. The molecule has 0 aliphatic carbocycles. The number of unbranched alkanes of at least 4 members (excludes halogenated alkanes) is 4. The van der Waals surface area contributed by atoms with Crippen molar-refractivity contribution in [3.8, 4) is 5.75 Å². The van der Waals surface area contributed by atoms with E-state index in [-0.39, 0.29) is 0 Å². The lowest BCUT2D eigenvalue weighted by molar-refractivity contribution is 0.372. The van der Waals surface area contributed by atoms with Gasteiger partial charge in [-0.25, -0.2) is 0 Å². The van der Waals surface area contributed by atoms with Crippen molar-refractivity contribution in [1.82, 2.24) is 0 Å². The number of rotatable bonds is 9. The average molecular weight is 284 g/mol. The van der Waals surface area contributed by atoms with Crippen LogP contribution >= 0.6 is 8.60 Å². The maximum absolute atomic E-state index is 8.98. The minimum Gasteiger partial charge on any atom is -0.427 e. The maximum atomic E-state index is 8.98. The molecule has 1 aromatic carbocycles. The molecule has 1 rings (SSSR count). The van der Waals surface area contributed by atoms with Crippen molar-refractivity contribution >= 4 is 8.60 Å². The molecule has 0 saturated carbocycles. The van der Waals surface area contributed by atoms with Gasteiger partial charge >= 0.3 is 8.60 Å². The van der Waals surface area contributed by atoms with Crippen molar-refractivity contribution in [3.63, 3.8) is 0 Å². The monoisotopic (exact) mass is 284 g/mol. The van der Waals surface area contributed by atoms with Gasteiger partial charge in [0.15, 0.2) is 0 Å². The molecule has 0 heterocycles. The van der Waals surface area contributed by atoms with Gasteiger partial charge in [-0.2, -0.15) is 0 Å². The second kappa shape index (κ2) is 9.30. The molecule has 0 aliphatic heterocycles. The fraction of sp³-hybridized carbons (Fsp3) is 0.600. The molecule has 4 heteroatoms. The van der Waals surface area contributed by atoms with E-state index in [1.807, 2.05) is 18.2 Å². The molecule has 19 heavy (non-hydrogen) atoms. The number of hydrogen-bond acceptors (Lipinski definition) is 3. The Morgan fingerprint density at radius 1 is 1.11 bits per heavy atom. The lowest BCUT2D eigenvalue weighted by Gasteiger charge is -2.16. The van der Waals surface area contributed by atoms with Gasteiger partial charge in [0.2, 0.25) is 0 Å². The standard InChI is InChI=1S/C15H25O3P/c1-3-4-5-6-7-10-13(2)14-11-8-9-12-15(14)18-19(16)17/h8-9,11-13,16-17H,3-7,10H2,1-2H3. The van der Waals surface area contributed by atoms with Crippen molar-refractivity contribution < 1.29 is 14.3 Å². The van der Waals surface area contributed by atoms with E-state index in [1.54, 1.807) is 6.07 Å². The molecule has 0 radical (unpaired) electrons. The summed E-state index contributed by atoms with van der Waals surface area (Å²) >= 11 is 0. The number of benzene rings is 1. The minimum atomic E-state index is -2.34. The first-order valence-corrected chi connectivity index (χ1v) is 8.26. The number of hydrogen-bond donors (Lipinski definition) is 2. The summed E-state index contributed by atoms with van der Waals surface area (Å²) in [5.41, 5.74) is 1.06. The second-order valence-corrected chi connectivity index (χ2v) is 5.67. The van der Waals surface area contributed by atoms with Crippen molar-refractivity contribution in [3.05, 3.63) is 29.8 Å². The Bertz CT molecular complexity index is 355. The lowest BCUT2D eigenvalue weighted by atomic mass is 9.94. The molecule has 0 fully saturated rings. The zero-order valence-corrected chi connectivity index (χ0v) is 12.8. The topological polar surface area (TPSA) is 49.7 Å². The fourth-order valence-corrected chi connectivity index (χ4v) is 2.61. The normalized spacial score (nSPS) is 12.7. The summed E-state index contributed by atoms with van der Waals surface area (Å²) < 4.78 is 5.09. The zero-order chi connectivity index (χ0) is 14.1. The van der Waals surface area contributed by atoms with E-state index in [2.05, 4.69) is 13.8 Å². The molecule has 0 spiro atoms. The average Bonchev–Trinajstić information content (AvgIpc) is 2.38. The third-order valence-corrected chi connectivity index (χ3v) is 3.73. The van der Waals surface area contributed by atoms with E-state index < -0.39 is 8.60 Å². The molecule has 1 aromatic rings. The summed E-state index contributed by atoms with van der Waals surface area (Å²) in [6.07, 6.45) is 7.48. The third-order valence-electron chi connectivity index (χ3n) is 3.37. The van der Waals surface area contributed by atoms with Crippen molar-refractivity contribution in [2.45, 2.75) is 58.3 Å². The largest absolute Gasteiger partial charge is 0.427 e. The van der Waals surface area contributed by atoms with Crippen molar-refractivity contribution in [1.29, 1.82) is 0 Å². The van der Waals surface area contributed by atoms with Crippen LogP contribution in [0.4, 0.5) is 0 Å². The van der Waals surface area contributed by atoms with Crippen molar-refractivity contribution in [2.75, 3.05) is 0 Å². The summed E-state index contributed by atoms with van der Waals surface area (Å²) in [4.78, 5) is 18.0. The van der Waals surface area contributed by atoms with E-state index in [1.165, 1.54) is 32.1 Å². The highest BCUT2D eigenvalue weighted by Crippen LogP contribution is 2.36. The zero-order valence-electron chi connectivity index (χ0n) is 11.9. The van der Waals surface area contributed by atoms with E-state index in [4.69, 9.17) is 14.3 Å². The molecule has 1 unspecified atom stereocenters. The number of para-hydroxylation sites is 1. The van der Waals surface area contributed by atoms with Crippen LogP contribution in [0.3, 0.4) is 0 Å². The molecule has 0 bridgehead atoms. The highest BCUT2D eigenvalue weighted by molar-refractivity contribution is 7.39. The maximum Gasteiger partial charge on any atom is 0.391 e. The molecule has 1 atom stereocenters. The van der Waals surface area contributed by atoms with Crippen LogP contribution in [0.15, 0.2) is 24.3 Å². The van der Waals surface area contributed by atoms with Crippen LogP contribution in [0.25, 0.3) is 0 Å². The fourth-order valence-electron chi connectivity index (χ4n) is 2.27. The van der Waals surface area contributed by atoms with Crippen LogP contribution < -0.4 is 4.52 Å². The predicted molar refractivity (Wildman–Crippen MR) is 80.2 cm³/mol. The smallest absolute Gasteiger partial charge is 0.391 e. The summed E-state index contributed by atoms with van der Waals surface area (Å²) in [5, 5.41) is 0. The Morgan fingerprint density at radius 3 is 2.47 bits per heavy atom. The Kier molecular flexibility index (Phi) is 8.04. The molecule has 3 nitrogen and oxygen atoms in total. The van der Waals surface area contributed by atoms with Gasteiger partial charge in [0.1, 0.15) is 5.75 Å². The van der Waals surface area contributed by atoms with Gasteiger partial charge in [0.05, 0.1) is 0 Å².